The minimum Gasteiger partial charge on any atom is -0.465 e. The molecular weight excluding hydrogens is 254 g/mol. The Morgan fingerprint density at radius 1 is 1.15 bits per heavy atom. The fourth-order valence-electron chi connectivity index (χ4n) is 1.81. The molecule has 0 spiro atoms. The van der Waals surface area contributed by atoms with Crippen molar-refractivity contribution in [3.05, 3.63) is 53.6 Å². The molecule has 0 aliphatic heterocycles. The van der Waals surface area contributed by atoms with Gasteiger partial charge in [0.15, 0.2) is 0 Å². The van der Waals surface area contributed by atoms with E-state index in [2.05, 4.69) is 11.7 Å². The molecule has 0 fully saturated rings. The number of anilines is 1. The number of benzene rings is 2. The van der Waals surface area contributed by atoms with E-state index in [1.807, 2.05) is 24.3 Å². The molecule has 0 aliphatic rings. The van der Waals surface area contributed by atoms with Gasteiger partial charge < -0.3 is 15.2 Å². The molecule has 4 heteroatoms. The Hall–Kier alpha value is -2.49. The lowest BCUT2D eigenvalue weighted by molar-refractivity contribution is 0.0601. The van der Waals surface area contributed by atoms with Crippen molar-refractivity contribution in [1.29, 1.82) is 0 Å². The first kappa shape index (κ1) is 13.9. The van der Waals surface area contributed by atoms with Crippen molar-refractivity contribution in [3.63, 3.8) is 0 Å². The predicted octanol–water partition coefficient (Wildman–Crippen LogP) is 3.41. The predicted molar refractivity (Wildman–Crippen MR) is 78.1 cm³/mol. The third-order valence-electron chi connectivity index (χ3n) is 2.99. The second-order valence-corrected chi connectivity index (χ2v) is 4.34. The van der Waals surface area contributed by atoms with Crippen LogP contribution >= 0.6 is 0 Å². The van der Waals surface area contributed by atoms with Gasteiger partial charge in [-0.15, -0.1) is 0 Å². The number of carbonyl (C=O) groups excluding carboxylic acids is 1. The third-order valence-corrected chi connectivity index (χ3v) is 2.99. The molecule has 0 amide bonds. The van der Waals surface area contributed by atoms with Crippen LogP contribution in [-0.2, 0) is 11.2 Å². The summed E-state index contributed by atoms with van der Waals surface area (Å²) in [6.07, 6.45) is 0.982. The molecular formula is C16H17NO3. The Morgan fingerprint density at radius 2 is 1.85 bits per heavy atom. The average molecular weight is 271 g/mol. The number of nitrogens with two attached hydrogens (primary N) is 1. The van der Waals surface area contributed by atoms with Crippen LogP contribution < -0.4 is 10.5 Å². The SMILES string of the molecule is CCc1ccc(Oc2ccc(C(=O)OC)cc2N)cc1. The summed E-state index contributed by atoms with van der Waals surface area (Å²) < 4.78 is 10.3. The van der Waals surface area contributed by atoms with Crippen LogP contribution in [0.15, 0.2) is 42.5 Å². The molecule has 2 N–H and O–H groups in total. The smallest absolute Gasteiger partial charge is 0.337 e. The Labute approximate surface area is 118 Å². The molecule has 0 unspecified atom stereocenters. The minimum atomic E-state index is -0.421. The van der Waals surface area contributed by atoms with Crippen molar-refractivity contribution < 1.29 is 14.3 Å². The summed E-state index contributed by atoms with van der Waals surface area (Å²) >= 11 is 0. The number of ether oxygens (including phenoxy) is 2. The largest absolute Gasteiger partial charge is 0.465 e. The van der Waals surface area contributed by atoms with E-state index in [9.17, 15) is 4.79 Å². The molecule has 0 bridgehead atoms. The molecule has 0 atom stereocenters. The zero-order valence-electron chi connectivity index (χ0n) is 11.6. The van der Waals surface area contributed by atoms with Crippen molar-refractivity contribution in [1.82, 2.24) is 0 Å². The Bertz CT molecular complexity index is 606. The van der Waals surface area contributed by atoms with Crippen LogP contribution in [0, 0.1) is 0 Å². The highest BCUT2D eigenvalue weighted by molar-refractivity contribution is 5.90. The summed E-state index contributed by atoms with van der Waals surface area (Å²) in [6.45, 7) is 2.10. The highest BCUT2D eigenvalue weighted by Crippen LogP contribution is 2.28. The maximum absolute atomic E-state index is 11.4. The van der Waals surface area contributed by atoms with Crippen molar-refractivity contribution in [2.75, 3.05) is 12.8 Å². The summed E-state index contributed by atoms with van der Waals surface area (Å²) in [5.41, 5.74) is 7.92. The molecule has 0 saturated heterocycles. The van der Waals surface area contributed by atoms with Gasteiger partial charge in [0.1, 0.15) is 11.5 Å². The van der Waals surface area contributed by atoms with Gasteiger partial charge in [0, 0.05) is 0 Å². The summed E-state index contributed by atoms with van der Waals surface area (Å²) in [4.78, 5) is 11.4. The number of rotatable bonds is 4. The first-order valence-corrected chi connectivity index (χ1v) is 6.38. The normalized spacial score (nSPS) is 10.1. The van der Waals surface area contributed by atoms with Crippen LogP contribution in [0.25, 0.3) is 0 Å². The summed E-state index contributed by atoms with van der Waals surface area (Å²) in [7, 11) is 1.33. The quantitative estimate of drug-likeness (QED) is 0.683. The molecule has 104 valence electrons. The highest BCUT2D eigenvalue weighted by atomic mass is 16.5. The molecule has 0 heterocycles. The van der Waals surface area contributed by atoms with Gasteiger partial charge in [0.25, 0.3) is 0 Å². The van der Waals surface area contributed by atoms with E-state index in [1.54, 1.807) is 18.2 Å². The highest BCUT2D eigenvalue weighted by Gasteiger charge is 2.09. The van der Waals surface area contributed by atoms with E-state index in [4.69, 9.17) is 10.5 Å². The van der Waals surface area contributed by atoms with Gasteiger partial charge in [-0.3, -0.25) is 0 Å². The zero-order valence-corrected chi connectivity index (χ0v) is 11.6. The molecule has 0 aromatic heterocycles. The van der Waals surface area contributed by atoms with Crippen molar-refractivity contribution in [2.24, 2.45) is 0 Å². The molecule has 2 rings (SSSR count). The van der Waals surface area contributed by atoms with Gasteiger partial charge in [-0.1, -0.05) is 19.1 Å². The topological polar surface area (TPSA) is 61.5 Å². The maximum Gasteiger partial charge on any atom is 0.337 e. The van der Waals surface area contributed by atoms with Crippen molar-refractivity contribution in [2.45, 2.75) is 13.3 Å². The number of esters is 1. The monoisotopic (exact) mass is 271 g/mol. The lowest BCUT2D eigenvalue weighted by Crippen LogP contribution is -2.02. The number of carbonyl (C=O) groups is 1. The van der Waals surface area contributed by atoms with Gasteiger partial charge in [-0.2, -0.15) is 0 Å². The van der Waals surface area contributed by atoms with Gasteiger partial charge in [-0.05, 0) is 42.3 Å². The maximum atomic E-state index is 11.4. The third kappa shape index (κ3) is 3.09. The molecule has 0 radical (unpaired) electrons. The minimum absolute atomic E-state index is 0.396. The molecule has 0 aliphatic carbocycles. The van der Waals surface area contributed by atoms with E-state index in [0.29, 0.717) is 22.7 Å². The van der Waals surface area contributed by atoms with Gasteiger partial charge in [-0.25, -0.2) is 4.79 Å². The van der Waals surface area contributed by atoms with Gasteiger partial charge >= 0.3 is 5.97 Å². The van der Waals surface area contributed by atoms with Crippen molar-refractivity contribution >= 4 is 11.7 Å². The van der Waals surface area contributed by atoms with Crippen LogP contribution in [0.1, 0.15) is 22.8 Å². The molecule has 20 heavy (non-hydrogen) atoms. The Balaban J connectivity index is 2.18. The van der Waals surface area contributed by atoms with E-state index in [1.165, 1.54) is 12.7 Å². The number of nitrogen functional groups attached to an aromatic ring is 1. The standard InChI is InChI=1S/C16H17NO3/c1-3-11-4-7-13(8-5-11)20-15-9-6-12(10-14(15)17)16(18)19-2/h4-10H,3,17H2,1-2H3. The number of hydrogen-bond acceptors (Lipinski definition) is 4. The fraction of sp³-hybridized carbons (Fsp3) is 0.188. The number of aryl methyl sites for hydroxylation is 1. The molecule has 2 aromatic carbocycles. The number of hydrogen-bond donors (Lipinski definition) is 1. The molecule has 4 nitrogen and oxygen atoms in total. The Morgan fingerprint density at radius 3 is 2.40 bits per heavy atom. The summed E-state index contributed by atoms with van der Waals surface area (Å²) in [5.74, 6) is 0.803. The van der Waals surface area contributed by atoms with Crippen LogP contribution in [0.5, 0.6) is 11.5 Å². The summed E-state index contributed by atoms with van der Waals surface area (Å²) in [6, 6.07) is 12.6. The number of methoxy groups -OCH3 is 1. The molecule has 2 aromatic rings. The zero-order chi connectivity index (χ0) is 14.5. The van der Waals surface area contributed by atoms with Crippen LogP contribution in [0.3, 0.4) is 0 Å². The van der Waals surface area contributed by atoms with Crippen molar-refractivity contribution in [3.8, 4) is 11.5 Å². The van der Waals surface area contributed by atoms with Crippen LogP contribution in [0.2, 0.25) is 0 Å². The van der Waals surface area contributed by atoms with E-state index in [-0.39, 0.29) is 0 Å². The van der Waals surface area contributed by atoms with E-state index in [0.717, 1.165) is 6.42 Å². The first-order valence-electron chi connectivity index (χ1n) is 6.38. The van der Waals surface area contributed by atoms with E-state index < -0.39 is 5.97 Å². The van der Waals surface area contributed by atoms with Gasteiger partial charge in [0.2, 0.25) is 0 Å². The van der Waals surface area contributed by atoms with Crippen LogP contribution in [0.4, 0.5) is 5.69 Å². The fourth-order valence-corrected chi connectivity index (χ4v) is 1.81. The van der Waals surface area contributed by atoms with E-state index >= 15 is 0 Å². The first-order chi connectivity index (χ1) is 9.63. The van der Waals surface area contributed by atoms with Crippen LogP contribution in [-0.4, -0.2) is 13.1 Å². The molecule has 0 saturated carbocycles. The second kappa shape index (κ2) is 6.10. The lowest BCUT2D eigenvalue weighted by atomic mass is 10.1. The lowest BCUT2D eigenvalue weighted by Gasteiger charge is -2.10. The Kier molecular flexibility index (Phi) is 4.25. The van der Waals surface area contributed by atoms with Gasteiger partial charge in [0.05, 0.1) is 18.4 Å². The average Bonchev–Trinajstić information content (AvgIpc) is 2.49. The summed E-state index contributed by atoms with van der Waals surface area (Å²) in [5, 5.41) is 0. The second-order valence-electron chi connectivity index (χ2n) is 4.34.